The maximum Gasteiger partial charge on any atom is 0.236 e. The lowest BCUT2D eigenvalue weighted by Gasteiger charge is -2.28. The molecule has 2 fully saturated rings. The minimum absolute atomic E-state index is 0.186. The van der Waals surface area contributed by atoms with Gasteiger partial charge in [-0.2, -0.15) is 4.98 Å². The van der Waals surface area contributed by atoms with Crippen LogP contribution >= 0.6 is 0 Å². The Labute approximate surface area is 159 Å². The highest BCUT2D eigenvalue weighted by Gasteiger charge is 2.30. The van der Waals surface area contributed by atoms with Gasteiger partial charge < -0.3 is 14.2 Å². The van der Waals surface area contributed by atoms with Crippen LogP contribution in [0.1, 0.15) is 37.5 Å². The van der Waals surface area contributed by atoms with Crippen LogP contribution in [0, 0.1) is 0 Å². The number of ether oxygens (including phenoxy) is 1. The number of rotatable bonds is 5. The Balaban J connectivity index is 1.36. The molecule has 0 N–H and O–H groups in total. The van der Waals surface area contributed by atoms with Crippen molar-refractivity contribution in [2.45, 2.75) is 31.6 Å². The van der Waals surface area contributed by atoms with E-state index in [4.69, 9.17) is 9.26 Å². The van der Waals surface area contributed by atoms with Gasteiger partial charge in [-0.25, -0.2) is 0 Å². The van der Waals surface area contributed by atoms with E-state index in [1.54, 1.807) is 7.11 Å². The lowest BCUT2D eigenvalue weighted by atomic mass is 10.1. The average molecular weight is 370 g/mol. The van der Waals surface area contributed by atoms with Gasteiger partial charge in [-0.05, 0) is 44.4 Å². The summed E-state index contributed by atoms with van der Waals surface area (Å²) in [5, 5.41) is 4.13. The Kier molecular flexibility index (Phi) is 5.38. The van der Waals surface area contributed by atoms with Gasteiger partial charge in [0.15, 0.2) is 0 Å². The first-order valence-corrected chi connectivity index (χ1v) is 9.71. The SMILES string of the molecule is COc1cccc(-c2noc([C@@H]3CCN(CC(=O)N4CCCCC4)C3)n2)c1. The molecule has 144 valence electrons. The Hall–Kier alpha value is -2.41. The standard InChI is InChI=1S/C20H26N4O3/c1-26-17-7-5-6-15(12-17)19-21-20(27-22-19)16-8-11-23(13-16)14-18(25)24-9-3-2-4-10-24/h5-7,12,16H,2-4,8-11,13-14H2,1H3/t16-/m1/s1. The number of methoxy groups -OCH3 is 1. The summed E-state index contributed by atoms with van der Waals surface area (Å²) in [6.45, 7) is 3.99. The Bertz CT molecular complexity index is 785. The number of carbonyl (C=O) groups excluding carboxylic acids is 1. The molecule has 4 rings (SSSR count). The molecule has 2 aliphatic heterocycles. The van der Waals surface area contributed by atoms with Gasteiger partial charge >= 0.3 is 0 Å². The zero-order chi connectivity index (χ0) is 18.6. The molecule has 0 unspecified atom stereocenters. The van der Waals surface area contributed by atoms with Crippen molar-refractivity contribution in [3.05, 3.63) is 30.2 Å². The summed E-state index contributed by atoms with van der Waals surface area (Å²) >= 11 is 0. The number of likely N-dealkylation sites (tertiary alicyclic amines) is 2. The highest BCUT2D eigenvalue weighted by Crippen LogP contribution is 2.28. The first kappa shape index (κ1) is 18.0. The first-order valence-electron chi connectivity index (χ1n) is 9.71. The zero-order valence-electron chi connectivity index (χ0n) is 15.8. The van der Waals surface area contributed by atoms with Crippen molar-refractivity contribution in [3.63, 3.8) is 0 Å². The number of carbonyl (C=O) groups is 1. The third kappa shape index (κ3) is 4.13. The summed E-state index contributed by atoms with van der Waals surface area (Å²) < 4.78 is 10.8. The smallest absolute Gasteiger partial charge is 0.236 e. The fourth-order valence-electron chi connectivity index (χ4n) is 3.89. The molecule has 0 saturated carbocycles. The lowest BCUT2D eigenvalue weighted by molar-refractivity contribution is -0.133. The van der Waals surface area contributed by atoms with E-state index in [1.165, 1.54) is 6.42 Å². The van der Waals surface area contributed by atoms with Gasteiger partial charge in [0.25, 0.3) is 0 Å². The maximum atomic E-state index is 12.5. The largest absolute Gasteiger partial charge is 0.497 e. The number of hydrogen-bond donors (Lipinski definition) is 0. The van der Waals surface area contributed by atoms with Crippen LogP contribution in [0.4, 0.5) is 0 Å². The molecule has 7 heteroatoms. The summed E-state index contributed by atoms with van der Waals surface area (Å²) in [5.74, 6) is 2.43. The quantitative estimate of drug-likeness (QED) is 0.805. The normalized spacial score (nSPS) is 20.8. The van der Waals surface area contributed by atoms with Crippen molar-refractivity contribution in [1.29, 1.82) is 0 Å². The van der Waals surface area contributed by atoms with Crippen LogP contribution in [-0.4, -0.2) is 65.7 Å². The van der Waals surface area contributed by atoms with E-state index >= 15 is 0 Å². The second-order valence-electron chi connectivity index (χ2n) is 7.35. The lowest BCUT2D eigenvalue weighted by Crippen LogP contribution is -2.42. The van der Waals surface area contributed by atoms with Gasteiger partial charge in [0, 0.05) is 25.2 Å². The highest BCUT2D eigenvalue weighted by atomic mass is 16.5. The van der Waals surface area contributed by atoms with E-state index in [-0.39, 0.29) is 11.8 Å². The molecule has 27 heavy (non-hydrogen) atoms. The predicted octanol–water partition coefficient (Wildman–Crippen LogP) is 2.55. The molecule has 0 radical (unpaired) electrons. The van der Waals surface area contributed by atoms with E-state index in [0.717, 1.165) is 56.8 Å². The maximum absolute atomic E-state index is 12.5. The van der Waals surface area contributed by atoms with E-state index in [9.17, 15) is 4.79 Å². The number of hydrogen-bond acceptors (Lipinski definition) is 6. The molecule has 0 bridgehead atoms. The van der Waals surface area contributed by atoms with Crippen LogP contribution in [0.15, 0.2) is 28.8 Å². The Morgan fingerprint density at radius 1 is 1.26 bits per heavy atom. The number of aromatic nitrogens is 2. The van der Waals surface area contributed by atoms with Gasteiger partial charge in [0.05, 0.1) is 19.6 Å². The van der Waals surface area contributed by atoms with Crippen LogP contribution in [0.5, 0.6) is 5.75 Å². The van der Waals surface area contributed by atoms with Gasteiger partial charge in [-0.1, -0.05) is 17.3 Å². The second kappa shape index (κ2) is 8.08. The van der Waals surface area contributed by atoms with Crippen molar-refractivity contribution in [3.8, 4) is 17.1 Å². The number of benzene rings is 1. The molecule has 1 aromatic heterocycles. The van der Waals surface area contributed by atoms with Crippen LogP contribution < -0.4 is 4.74 Å². The fourth-order valence-corrected chi connectivity index (χ4v) is 3.89. The fraction of sp³-hybridized carbons (Fsp3) is 0.550. The van der Waals surface area contributed by atoms with Crippen LogP contribution in [-0.2, 0) is 4.79 Å². The molecular weight excluding hydrogens is 344 g/mol. The molecule has 0 spiro atoms. The summed E-state index contributed by atoms with van der Waals surface area (Å²) in [4.78, 5) is 21.3. The molecule has 2 aliphatic rings. The molecule has 2 saturated heterocycles. The Morgan fingerprint density at radius 3 is 2.93 bits per heavy atom. The van der Waals surface area contributed by atoms with Crippen LogP contribution in [0.2, 0.25) is 0 Å². The minimum Gasteiger partial charge on any atom is -0.497 e. The molecule has 2 aromatic rings. The highest BCUT2D eigenvalue weighted by molar-refractivity contribution is 5.78. The third-order valence-corrected chi connectivity index (χ3v) is 5.46. The first-order chi connectivity index (χ1) is 13.2. The molecule has 0 aliphatic carbocycles. The van der Waals surface area contributed by atoms with Crippen molar-refractivity contribution < 1.29 is 14.1 Å². The van der Waals surface area contributed by atoms with Crippen molar-refractivity contribution >= 4 is 5.91 Å². The molecule has 7 nitrogen and oxygen atoms in total. The van der Waals surface area contributed by atoms with E-state index in [2.05, 4.69) is 15.0 Å². The summed E-state index contributed by atoms with van der Waals surface area (Å²) in [6, 6.07) is 7.63. The third-order valence-electron chi connectivity index (χ3n) is 5.46. The Morgan fingerprint density at radius 2 is 2.11 bits per heavy atom. The number of piperidine rings is 1. The minimum atomic E-state index is 0.186. The molecule has 1 atom stereocenters. The number of nitrogens with zero attached hydrogens (tertiary/aromatic N) is 4. The molecule has 3 heterocycles. The average Bonchev–Trinajstić information content (AvgIpc) is 3.38. The van der Waals surface area contributed by atoms with Gasteiger partial charge in [-0.3, -0.25) is 9.69 Å². The van der Waals surface area contributed by atoms with E-state index in [1.807, 2.05) is 29.2 Å². The van der Waals surface area contributed by atoms with Crippen LogP contribution in [0.3, 0.4) is 0 Å². The van der Waals surface area contributed by atoms with Gasteiger partial charge in [-0.15, -0.1) is 0 Å². The summed E-state index contributed by atoms with van der Waals surface area (Å²) in [6.07, 6.45) is 4.43. The summed E-state index contributed by atoms with van der Waals surface area (Å²) in [5.41, 5.74) is 0.875. The van der Waals surface area contributed by atoms with Crippen LogP contribution in [0.25, 0.3) is 11.4 Å². The predicted molar refractivity (Wildman–Crippen MR) is 101 cm³/mol. The van der Waals surface area contributed by atoms with E-state index < -0.39 is 0 Å². The topological polar surface area (TPSA) is 71.7 Å². The monoisotopic (exact) mass is 370 g/mol. The van der Waals surface area contributed by atoms with Crippen molar-refractivity contribution in [1.82, 2.24) is 19.9 Å². The zero-order valence-corrected chi connectivity index (χ0v) is 15.8. The van der Waals surface area contributed by atoms with Gasteiger partial charge in [0.2, 0.25) is 17.6 Å². The molecular formula is C20H26N4O3. The van der Waals surface area contributed by atoms with E-state index in [0.29, 0.717) is 18.3 Å². The van der Waals surface area contributed by atoms with Gasteiger partial charge in [0.1, 0.15) is 5.75 Å². The summed E-state index contributed by atoms with van der Waals surface area (Å²) in [7, 11) is 1.64. The molecule has 1 amide bonds. The molecule has 1 aromatic carbocycles. The number of amides is 1. The van der Waals surface area contributed by atoms with Crippen molar-refractivity contribution in [2.24, 2.45) is 0 Å². The second-order valence-corrected chi connectivity index (χ2v) is 7.35. The van der Waals surface area contributed by atoms with Crippen molar-refractivity contribution in [2.75, 3.05) is 39.8 Å².